The van der Waals surface area contributed by atoms with E-state index in [-0.39, 0.29) is 12.6 Å². The highest BCUT2D eigenvalue weighted by Gasteiger charge is 2.24. The summed E-state index contributed by atoms with van der Waals surface area (Å²) < 4.78 is 10.4. The Morgan fingerprint density at radius 1 is 1.38 bits per heavy atom. The minimum absolute atomic E-state index is 0.178. The lowest BCUT2D eigenvalue weighted by molar-refractivity contribution is -0.122. The van der Waals surface area contributed by atoms with Crippen LogP contribution in [0.4, 0.5) is 4.79 Å². The molecule has 0 radical (unpaired) electrons. The fourth-order valence-electron chi connectivity index (χ4n) is 1.61. The van der Waals surface area contributed by atoms with Crippen molar-refractivity contribution in [2.24, 2.45) is 0 Å². The highest BCUT2D eigenvalue weighted by Crippen LogP contribution is 2.27. The number of amides is 3. The topological polar surface area (TPSA) is 100 Å². The molecule has 3 amide bonds. The van der Waals surface area contributed by atoms with Crippen molar-refractivity contribution in [2.45, 2.75) is 18.9 Å². The third kappa shape index (κ3) is 4.38. The smallest absolute Gasteiger partial charge is 0.321 e. The number of nitrogens with zero attached hydrogens (tertiary/aromatic N) is 1. The number of ether oxygens (including phenoxy) is 2. The third-order valence-corrected chi connectivity index (χ3v) is 2.82. The fraction of sp³-hybridized carbons (Fsp3) is 0.357. The molecule has 2 N–H and O–H groups in total. The van der Waals surface area contributed by atoms with E-state index < -0.39 is 11.9 Å². The van der Waals surface area contributed by atoms with Crippen LogP contribution in [0.25, 0.3) is 0 Å². The number of urea groups is 1. The molecule has 0 atom stereocenters. The number of rotatable bonds is 5. The summed E-state index contributed by atoms with van der Waals surface area (Å²) in [7, 11) is 1.44. The second-order valence-electron chi connectivity index (χ2n) is 4.56. The van der Waals surface area contributed by atoms with E-state index in [2.05, 4.69) is 10.6 Å². The van der Waals surface area contributed by atoms with Crippen molar-refractivity contribution >= 4 is 11.9 Å². The van der Waals surface area contributed by atoms with Gasteiger partial charge >= 0.3 is 6.03 Å². The Hall–Kier alpha value is -2.75. The van der Waals surface area contributed by atoms with Crippen molar-refractivity contribution in [1.29, 1.82) is 5.26 Å². The van der Waals surface area contributed by atoms with E-state index in [1.807, 2.05) is 6.07 Å². The van der Waals surface area contributed by atoms with Gasteiger partial charge in [0.05, 0.1) is 18.7 Å². The van der Waals surface area contributed by atoms with Crippen molar-refractivity contribution in [3.8, 4) is 17.6 Å². The van der Waals surface area contributed by atoms with Crippen molar-refractivity contribution in [3.63, 3.8) is 0 Å². The Kier molecular flexibility index (Phi) is 4.61. The lowest BCUT2D eigenvalue weighted by Crippen LogP contribution is -2.42. The van der Waals surface area contributed by atoms with Crippen LogP contribution in [-0.2, 0) is 4.79 Å². The Bertz CT molecular complexity index is 590. The van der Waals surface area contributed by atoms with Crippen LogP contribution < -0.4 is 20.1 Å². The number of hydrogen-bond donors (Lipinski definition) is 2. The monoisotopic (exact) mass is 289 g/mol. The molecule has 0 aromatic heterocycles. The van der Waals surface area contributed by atoms with Crippen LogP contribution in [0.3, 0.4) is 0 Å². The van der Waals surface area contributed by atoms with Crippen molar-refractivity contribution in [2.75, 3.05) is 13.7 Å². The zero-order valence-electron chi connectivity index (χ0n) is 11.5. The summed E-state index contributed by atoms with van der Waals surface area (Å²) in [5, 5.41) is 13.6. The van der Waals surface area contributed by atoms with Crippen LogP contribution in [0, 0.1) is 11.3 Å². The molecule has 0 bridgehead atoms. The summed E-state index contributed by atoms with van der Waals surface area (Å²) in [6.45, 7) is -0.319. The molecule has 0 saturated heterocycles. The lowest BCUT2D eigenvalue weighted by atomic mass is 10.2. The number of imide groups is 1. The first-order valence-corrected chi connectivity index (χ1v) is 6.43. The van der Waals surface area contributed by atoms with Gasteiger partial charge in [-0.25, -0.2) is 4.79 Å². The van der Waals surface area contributed by atoms with Gasteiger partial charge in [0, 0.05) is 12.1 Å². The summed E-state index contributed by atoms with van der Waals surface area (Å²) in [4.78, 5) is 22.9. The van der Waals surface area contributed by atoms with Crippen molar-refractivity contribution in [3.05, 3.63) is 23.8 Å². The van der Waals surface area contributed by atoms with Crippen LogP contribution in [0.2, 0.25) is 0 Å². The molecule has 0 aliphatic heterocycles. The largest absolute Gasteiger partial charge is 0.493 e. The van der Waals surface area contributed by atoms with Crippen molar-refractivity contribution in [1.82, 2.24) is 10.6 Å². The van der Waals surface area contributed by atoms with E-state index in [9.17, 15) is 9.59 Å². The van der Waals surface area contributed by atoms with E-state index in [0.717, 1.165) is 12.8 Å². The molecule has 110 valence electrons. The minimum Gasteiger partial charge on any atom is -0.493 e. The van der Waals surface area contributed by atoms with E-state index in [1.165, 1.54) is 19.2 Å². The first-order chi connectivity index (χ1) is 10.1. The number of nitrogens with one attached hydrogen (secondary N) is 2. The summed E-state index contributed by atoms with van der Waals surface area (Å²) >= 11 is 0. The number of methoxy groups -OCH3 is 1. The molecule has 21 heavy (non-hydrogen) atoms. The number of benzene rings is 1. The molecule has 7 nitrogen and oxygen atoms in total. The minimum atomic E-state index is -0.556. The van der Waals surface area contributed by atoms with Gasteiger partial charge in [0.15, 0.2) is 18.1 Å². The molecule has 1 aliphatic rings. The molecule has 1 aromatic rings. The molecular weight excluding hydrogens is 274 g/mol. The number of carbonyl (C=O) groups is 2. The van der Waals surface area contributed by atoms with Crippen LogP contribution in [0.5, 0.6) is 11.5 Å². The molecule has 7 heteroatoms. The van der Waals surface area contributed by atoms with Crippen LogP contribution >= 0.6 is 0 Å². The molecule has 0 unspecified atom stereocenters. The zero-order valence-corrected chi connectivity index (χ0v) is 11.5. The van der Waals surface area contributed by atoms with Gasteiger partial charge in [0.25, 0.3) is 5.91 Å². The van der Waals surface area contributed by atoms with E-state index >= 15 is 0 Å². The first kappa shape index (κ1) is 14.7. The normalized spacial score (nSPS) is 13.0. The average Bonchev–Trinajstić information content (AvgIpc) is 3.28. The Morgan fingerprint density at radius 2 is 2.14 bits per heavy atom. The number of carbonyl (C=O) groups excluding carboxylic acids is 2. The fourth-order valence-corrected chi connectivity index (χ4v) is 1.61. The van der Waals surface area contributed by atoms with Gasteiger partial charge in [-0.2, -0.15) is 5.26 Å². The molecule has 1 aromatic carbocycles. The van der Waals surface area contributed by atoms with Crippen LogP contribution in [-0.4, -0.2) is 31.7 Å². The van der Waals surface area contributed by atoms with E-state index in [0.29, 0.717) is 17.1 Å². The standard InChI is InChI=1S/C14H15N3O4/c1-20-12-6-9(7-15)2-5-11(12)21-8-13(18)17-14(19)16-10-3-4-10/h2,5-6,10H,3-4,8H2,1H3,(H2,16,17,18,19). The molecule has 0 spiro atoms. The van der Waals surface area contributed by atoms with Gasteiger partial charge in [-0.15, -0.1) is 0 Å². The number of nitriles is 1. The lowest BCUT2D eigenvalue weighted by Gasteiger charge is -2.10. The van der Waals surface area contributed by atoms with Gasteiger partial charge in [-0.05, 0) is 25.0 Å². The van der Waals surface area contributed by atoms with Gasteiger partial charge in [0.2, 0.25) is 0 Å². The maximum atomic E-state index is 11.6. The van der Waals surface area contributed by atoms with Crippen LogP contribution in [0.1, 0.15) is 18.4 Å². The summed E-state index contributed by atoms with van der Waals surface area (Å²) in [5.74, 6) is 0.123. The first-order valence-electron chi connectivity index (χ1n) is 6.43. The zero-order chi connectivity index (χ0) is 15.2. The molecule has 0 heterocycles. The van der Waals surface area contributed by atoms with Gasteiger partial charge in [-0.1, -0.05) is 0 Å². The predicted octanol–water partition coefficient (Wildman–Crippen LogP) is 0.934. The quantitative estimate of drug-likeness (QED) is 0.840. The summed E-state index contributed by atoms with van der Waals surface area (Å²) in [6.07, 6.45) is 1.89. The second-order valence-corrected chi connectivity index (χ2v) is 4.56. The van der Waals surface area contributed by atoms with Gasteiger partial charge in [-0.3, -0.25) is 10.1 Å². The summed E-state index contributed by atoms with van der Waals surface area (Å²) in [6, 6.07) is 6.23. The predicted molar refractivity (Wildman–Crippen MR) is 72.9 cm³/mol. The Balaban J connectivity index is 1.85. The van der Waals surface area contributed by atoms with Crippen molar-refractivity contribution < 1.29 is 19.1 Å². The van der Waals surface area contributed by atoms with E-state index in [4.69, 9.17) is 14.7 Å². The summed E-state index contributed by atoms with van der Waals surface area (Å²) in [5.41, 5.74) is 0.424. The highest BCUT2D eigenvalue weighted by molar-refractivity contribution is 5.95. The average molecular weight is 289 g/mol. The van der Waals surface area contributed by atoms with Gasteiger partial charge in [0.1, 0.15) is 0 Å². The Morgan fingerprint density at radius 3 is 2.76 bits per heavy atom. The highest BCUT2D eigenvalue weighted by atomic mass is 16.5. The molecular formula is C14H15N3O4. The molecule has 1 saturated carbocycles. The maximum absolute atomic E-state index is 11.6. The SMILES string of the molecule is COc1cc(C#N)ccc1OCC(=O)NC(=O)NC1CC1. The molecule has 1 fully saturated rings. The molecule has 1 aliphatic carbocycles. The molecule has 2 rings (SSSR count). The second kappa shape index (κ2) is 6.61. The third-order valence-electron chi connectivity index (χ3n) is 2.82. The van der Waals surface area contributed by atoms with Gasteiger partial charge < -0.3 is 14.8 Å². The Labute approximate surface area is 121 Å². The maximum Gasteiger partial charge on any atom is 0.321 e. The van der Waals surface area contributed by atoms with E-state index in [1.54, 1.807) is 6.07 Å². The number of hydrogen-bond acceptors (Lipinski definition) is 5. The van der Waals surface area contributed by atoms with Crippen LogP contribution in [0.15, 0.2) is 18.2 Å².